The predicted octanol–water partition coefficient (Wildman–Crippen LogP) is 0.450. The Morgan fingerprint density at radius 1 is 1.50 bits per heavy atom. The molecule has 5 nitrogen and oxygen atoms in total. The average Bonchev–Trinajstić information content (AvgIpc) is 2.25. The van der Waals surface area contributed by atoms with Crippen LogP contribution in [0.3, 0.4) is 0 Å². The molecule has 0 aromatic carbocycles. The number of aliphatic hydroxyl groups excluding tert-OH is 1. The van der Waals surface area contributed by atoms with Gasteiger partial charge in [-0.3, -0.25) is 9.59 Å². The highest BCUT2D eigenvalue weighted by atomic mass is 16.5. The topological polar surface area (TPSA) is 89.6 Å². The van der Waals surface area contributed by atoms with Crippen LogP contribution in [-0.2, 0) is 14.3 Å². The molecule has 0 heterocycles. The Bertz CT molecular complexity index is 254. The fourth-order valence-electron chi connectivity index (χ4n) is 1.46. The van der Waals surface area contributed by atoms with Gasteiger partial charge in [0, 0.05) is 5.92 Å². The van der Waals surface area contributed by atoms with Crippen LogP contribution >= 0.6 is 0 Å². The van der Waals surface area contributed by atoms with Crippen LogP contribution in [0.4, 0.5) is 0 Å². The van der Waals surface area contributed by atoms with E-state index in [1.165, 1.54) is 0 Å². The molecule has 0 fully saturated rings. The van der Waals surface area contributed by atoms with Crippen molar-refractivity contribution in [1.29, 1.82) is 0 Å². The lowest BCUT2D eigenvalue weighted by molar-refractivity contribution is -0.157. The molecule has 0 bridgehead atoms. The summed E-state index contributed by atoms with van der Waals surface area (Å²) >= 11 is 0. The van der Waals surface area contributed by atoms with Crippen LogP contribution in [-0.4, -0.2) is 30.2 Å². The fraction of sp³-hybridized carbons (Fsp3) is 0.818. The molecule has 0 radical (unpaired) electrons. The van der Waals surface area contributed by atoms with Crippen molar-refractivity contribution in [3.63, 3.8) is 0 Å². The number of carbonyl (C=O) groups excluding carboxylic acids is 2. The molecule has 0 aliphatic carbocycles. The van der Waals surface area contributed by atoms with E-state index < -0.39 is 17.3 Å². The summed E-state index contributed by atoms with van der Waals surface area (Å²) < 4.78 is 4.89. The first-order valence-electron chi connectivity index (χ1n) is 5.44. The van der Waals surface area contributed by atoms with Crippen molar-refractivity contribution in [1.82, 2.24) is 0 Å². The summed E-state index contributed by atoms with van der Waals surface area (Å²) in [5, 5.41) is 8.57. The Morgan fingerprint density at radius 2 is 2.06 bits per heavy atom. The minimum absolute atomic E-state index is 0.0145. The number of amides is 1. The van der Waals surface area contributed by atoms with Gasteiger partial charge in [-0.2, -0.15) is 0 Å². The van der Waals surface area contributed by atoms with Crippen molar-refractivity contribution in [2.75, 3.05) is 13.2 Å². The Labute approximate surface area is 96.0 Å². The van der Waals surface area contributed by atoms with E-state index in [2.05, 4.69) is 0 Å². The fourth-order valence-corrected chi connectivity index (χ4v) is 1.46. The zero-order valence-corrected chi connectivity index (χ0v) is 10.2. The van der Waals surface area contributed by atoms with E-state index in [0.717, 1.165) is 0 Å². The molecule has 1 amide bonds. The summed E-state index contributed by atoms with van der Waals surface area (Å²) in [6.07, 6.45) is 0.929. The normalized spacial score (nSPS) is 16.2. The first-order chi connectivity index (χ1) is 7.37. The zero-order chi connectivity index (χ0) is 12.8. The highest BCUT2D eigenvalue weighted by molar-refractivity contribution is 5.80. The summed E-state index contributed by atoms with van der Waals surface area (Å²) in [6, 6.07) is 0. The van der Waals surface area contributed by atoms with Crippen molar-refractivity contribution < 1.29 is 19.4 Å². The quantitative estimate of drug-likeness (QED) is 0.622. The van der Waals surface area contributed by atoms with E-state index in [0.29, 0.717) is 12.8 Å². The second kappa shape index (κ2) is 6.48. The number of primary amides is 1. The van der Waals surface area contributed by atoms with E-state index >= 15 is 0 Å². The zero-order valence-electron chi connectivity index (χ0n) is 10.2. The van der Waals surface area contributed by atoms with Gasteiger partial charge in [-0.1, -0.05) is 13.8 Å². The molecule has 0 aromatic rings. The van der Waals surface area contributed by atoms with Crippen molar-refractivity contribution in [2.24, 2.45) is 17.1 Å². The smallest absolute Gasteiger partial charge is 0.311 e. The molecule has 3 N–H and O–H groups in total. The van der Waals surface area contributed by atoms with Crippen molar-refractivity contribution in [3.8, 4) is 0 Å². The van der Waals surface area contributed by atoms with Gasteiger partial charge in [0.05, 0.1) is 12.0 Å². The Kier molecular flexibility index (Phi) is 6.03. The SMILES string of the molecule is CCC(C)(CC(C)C(N)=O)C(=O)OCCO. The third kappa shape index (κ3) is 4.18. The number of ether oxygens (including phenoxy) is 1. The van der Waals surface area contributed by atoms with Crippen LogP contribution in [0.2, 0.25) is 0 Å². The molecule has 0 aromatic heterocycles. The average molecular weight is 231 g/mol. The first kappa shape index (κ1) is 14.9. The van der Waals surface area contributed by atoms with Crippen LogP contribution < -0.4 is 5.73 Å². The second-order valence-electron chi connectivity index (χ2n) is 4.28. The van der Waals surface area contributed by atoms with Gasteiger partial charge < -0.3 is 15.6 Å². The van der Waals surface area contributed by atoms with Crippen LogP contribution in [0.25, 0.3) is 0 Å². The molecular weight excluding hydrogens is 210 g/mol. The molecule has 5 heteroatoms. The highest BCUT2D eigenvalue weighted by Gasteiger charge is 2.35. The third-order valence-corrected chi connectivity index (χ3v) is 2.84. The van der Waals surface area contributed by atoms with E-state index in [1.807, 2.05) is 6.92 Å². The third-order valence-electron chi connectivity index (χ3n) is 2.84. The van der Waals surface area contributed by atoms with Gasteiger partial charge in [0.1, 0.15) is 6.61 Å². The Morgan fingerprint density at radius 3 is 2.44 bits per heavy atom. The van der Waals surface area contributed by atoms with E-state index in [-0.39, 0.29) is 19.1 Å². The Hall–Kier alpha value is -1.10. The summed E-state index contributed by atoms with van der Waals surface area (Å²) in [7, 11) is 0. The monoisotopic (exact) mass is 231 g/mol. The molecule has 2 atom stereocenters. The van der Waals surface area contributed by atoms with Crippen LogP contribution in [0.5, 0.6) is 0 Å². The molecule has 94 valence electrons. The van der Waals surface area contributed by atoms with Crippen LogP contribution in [0, 0.1) is 11.3 Å². The van der Waals surface area contributed by atoms with Crippen LogP contribution in [0.15, 0.2) is 0 Å². The Balaban J connectivity index is 4.51. The van der Waals surface area contributed by atoms with E-state index in [1.54, 1.807) is 13.8 Å². The number of nitrogens with two attached hydrogens (primary N) is 1. The van der Waals surface area contributed by atoms with Gasteiger partial charge >= 0.3 is 5.97 Å². The number of carbonyl (C=O) groups is 2. The maximum Gasteiger partial charge on any atom is 0.311 e. The van der Waals surface area contributed by atoms with Crippen molar-refractivity contribution in [2.45, 2.75) is 33.6 Å². The minimum atomic E-state index is -0.719. The molecular formula is C11H21NO4. The summed E-state index contributed by atoms with van der Waals surface area (Å²) in [5.74, 6) is -1.18. The second-order valence-corrected chi connectivity index (χ2v) is 4.28. The van der Waals surface area contributed by atoms with Gasteiger partial charge in [0.15, 0.2) is 0 Å². The summed E-state index contributed by atoms with van der Waals surface area (Å²) in [5.41, 5.74) is 4.45. The van der Waals surface area contributed by atoms with Gasteiger partial charge in [-0.15, -0.1) is 0 Å². The van der Waals surface area contributed by atoms with Crippen molar-refractivity contribution in [3.05, 3.63) is 0 Å². The van der Waals surface area contributed by atoms with E-state index in [4.69, 9.17) is 15.6 Å². The largest absolute Gasteiger partial charge is 0.463 e. The minimum Gasteiger partial charge on any atom is -0.463 e. The lowest BCUT2D eigenvalue weighted by Gasteiger charge is -2.27. The molecule has 0 aliphatic heterocycles. The van der Waals surface area contributed by atoms with Crippen LogP contribution in [0.1, 0.15) is 33.6 Å². The first-order valence-corrected chi connectivity index (χ1v) is 5.44. The number of rotatable bonds is 7. The number of aliphatic hydroxyl groups is 1. The maximum absolute atomic E-state index is 11.7. The highest BCUT2D eigenvalue weighted by Crippen LogP contribution is 2.31. The standard InChI is InChI=1S/C11H21NO4/c1-4-11(3,7-8(2)9(12)14)10(15)16-6-5-13/h8,13H,4-7H2,1-3H3,(H2,12,14). The van der Waals surface area contributed by atoms with E-state index in [9.17, 15) is 9.59 Å². The summed E-state index contributed by atoms with van der Waals surface area (Å²) in [6.45, 7) is 5.08. The molecule has 0 spiro atoms. The molecule has 0 rings (SSSR count). The molecule has 0 aliphatic rings. The van der Waals surface area contributed by atoms with Gasteiger partial charge in [0.25, 0.3) is 0 Å². The van der Waals surface area contributed by atoms with Gasteiger partial charge in [-0.05, 0) is 19.8 Å². The molecule has 2 unspecified atom stereocenters. The lowest BCUT2D eigenvalue weighted by Crippen LogP contribution is -2.35. The number of hydrogen-bond donors (Lipinski definition) is 2. The lowest BCUT2D eigenvalue weighted by atomic mass is 9.79. The maximum atomic E-state index is 11.7. The summed E-state index contributed by atoms with van der Waals surface area (Å²) in [4.78, 5) is 22.7. The van der Waals surface area contributed by atoms with Gasteiger partial charge in [-0.25, -0.2) is 0 Å². The number of hydrogen-bond acceptors (Lipinski definition) is 4. The predicted molar refractivity (Wildman–Crippen MR) is 59.4 cm³/mol. The number of esters is 1. The van der Waals surface area contributed by atoms with Crippen molar-refractivity contribution >= 4 is 11.9 Å². The molecule has 16 heavy (non-hydrogen) atoms. The van der Waals surface area contributed by atoms with Gasteiger partial charge in [0.2, 0.25) is 5.91 Å². The molecule has 0 saturated carbocycles. The molecule has 0 saturated heterocycles.